The summed E-state index contributed by atoms with van der Waals surface area (Å²) in [5.74, 6) is -2.98. The first kappa shape index (κ1) is 17.7. The Balaban J connectivity index is 2.00. The van der Waals surface area contributed by atoms with Crippen molar-refractivity contribution in [2.24, 2.45) is 0 Å². The highest BCUT2D eigenvalue weighted by molar-refractivity contribution is 6.33. The summed E-state index contributed by atoms with van der Waals surface area (Å²) in [6.07, 6.45) is 1.62. The molecular formula is C24H9F2N3O. The zero-order valence-corrected chi connectivity index (χ0v) is 15.2. The fourth-order valence-electron chi connectivity index (χ4n) is 4.13. The fraction of sp³-hybridized carbons (Fsp3) is 0. The third kappa shape index (κ3) is 2.16. The van der Waals surface area contributed by atoms with Crippen LogP contribution in [0.2, 0.25) is 0 Å². The molecule has 0 bridgehead atoms. The number of carbonyl (C=O) groups is 1. The summed E-state index contributed by atoms with van der Waals surface area (Å²) in [5.41, 5.74) is 2.11. The van der Waals surface area contributed by atoms with Crippen LogP contribution in [0.5, 0.6) is 0 Å². The van der Waals surface area contributed by atoms with Gasteiger partial charge in [0, 0.05) is 45.2 Å². The summed E-state index contributed by atoms with van der Waals surface area (Å²) in [6.45, 7) is 0. The molecule has 6 heteroatoms. The largest absolute Gasteiger partial charge is 0.289 e. The number of ketones is 1. The minimum atomic E-state index is -1.26. The molecule has 2 aromatic carbocycles. The molecular weight excluding hydrogens is 384 g/mol. The summed E-state index contributed by atoms with van der Waals surface area (Å²) in [6, 6.07) is 16.3. The Labute approximate surface area is 169 Å². The first-order chi connectivity index (χ1) is 14.6. The van der Waals surface area contributed by atoms with Crippen molar-refractivity contribution in [3.05, 3.63) is 99.8 Å². The Kier molecular flexibility index (Phi) is 3.71. The topological polar surface area (TPSA) is 77.5 Å². The van der Waals surface area contributed by atoms with Gasteiger partial charge in [0.2, 0.25) is 0 Å². The monoisotopic (exact) mass is 393 g/mol. The quantitative estimate of drug-likeness (QED) is 0.316. The predicted octanol–water partition coefficient (Wildman–Crippen LogP) is 4.84. The highest BCUT2D eigenvalue weighted by atomic mass is 19.2. The number of nitriles is 2. The number of rotatable bonds is 0. The van der Waals surface area contributed by atoms with Gasteiger partial charge in [0.05, 0.1) is 5.69 Å². The molecule has 30 heavy (non-hydrogen) atoms. The van der Waals surface area contributed by atoms with Gasteiger partial charge in [-0.25, -0.2) is 8.78 Å². The fourth-order valence-corrected chi connectivity index (χ4v) is 4.13. The van der Waals surface area contributed by atoms with Crippen LogP contribution in [0, 0.1) is 34.3 Å². The van der Waals surface area contributed by atoms with Gasteiger partial charge < -0.3 is 0 Å². The van der Waals surface area contributed by atoms with Crippen molar-refractivity contribution in [1.82, 2.24) is 4.98 Å². The standard InChI is InChI=1S/C24H9F2N3O/c25-17-8-7-16-20(22(17)26)18(12(10-27)11-28)21(24(16)30)19-13-4-1-2-5-14(13)23-15(19)6-3-9-29-23/h1-9H/b21-19-. The van der Waals surface area contributed by atoms with Crippen LogP contribution in [0.15, 0.2) is 65.9 Å². The van der Waals surface area contributed by atoms with Crippen molar-refractivity contribution < 1.29 is 13.6 Å². The van der Waals surface area contributed by atoms with E-state index in [-0.39, 0.29) is 22.3 Å². The van der Waals surface area contributed by atoms with Crippen LogP contribution < -0.4 is 0 Å². The molecule has 0 saturated carbocycles. The van der Waals surface area contributed by atoms with Crippen LogP contribution in [0.1, 0.15) is 27.0 Å². The van der Waals surface area contributed by atoms with Gasteiger partial charge in [-0.2, -0.15) is 10.5 Å². The number of hydrogen-bond donors (Lipinski definition) is 0. The summed E-state index contributed by atoms with van der Waals surface area (Å²) < 4.78 is 28.8. The molecule has 0 unspecified atom stereocenters. The SMILES string of the molecule is N#CC(C#N)=C1/C(=C2\c3ccccc3-c3ncccc32)C(=O)c2ccc(F)c(F)c21. The highest BCUT2D eigenvalue weighted by Gasteiger charge is 2.40. The van der Waals surface area contributed by atoms with Crippen molar-refractivity contribution in [1.29, 1.82) is 10.5 Å². The normalized spacial score (nSPS) is 15.9. The molecule has 0 radical (unpaired) electrons. The van der Waals surface area contributed by atoms with Crippen molar-refractivity contribution in [2.75, 3.05) is 0 Å². The molecule has 5 rings (SSSR count). The Morgan fingerprint density at radius 3 is 2.27 bits per heavy atom. The molecule has 4 nitrogen and oxygen atoms in total. The van der Waals surface area contributed by atoms with E-state index < -0.39 is 23.0 Å². The van der Waals surface area contributed by atoms with Crippen molar-refractivity contribution in [3.63, 3.8) is 0 Å². The third-order valence-corrected chi connectivity index (χ3v) is 5.32. The first-order valence-corrected chi connectivity index (χ1v) is 8.95. The average molecular weight is 393 g/mol. The van der Waals surface area contributed by atoms with Crippen LogP contribution in [0.25, 0.3) is 22.4 Å². The van der Waals surface area contributed by atoms with E-state index in [0.29, 0.717) is 22.4 Å². The lowest BCUT2D eigenvalue weighted by Crippen LogP contribution is -2.01. The lowest BCUT2D eigenvalue weighted by Gasteiger charge is -2.09. The molecule has 1 aromatic heterocycles. The molecule has 3 aromatic rings. The maximum atomic E-state index is 14.8. The van der Waals surface area contributed by atoms with Crippen molar-refractivity contribution in [2.45, 2.75) is 0 Å². The molecule has 0 fully saturated rings. The lowest BCUT2D eigenvalue weighted by molar-refractivity contribution is 0.104. The van der Waals surface area contributed by atoms with Gasteiger partial charge in [-0.3, -0.25) is 9.78 Å². The van der Waals surface area contributed by atoms with Gasteiger partial charge in [0.25, 0.3) is 0 Å². The maximum absolute atomic E-state index is 14.8. The van der Waals surface area contributed by atoms with Crippen LogP contribution >= 0.6 is 0 Å². The van der Waals surface area contributed by atoms with E-state index in [1.54, 1.807) is 42.6 Å². The van der Waals surface area contributed by atoms with E-state index in [1.165, 1.54) is 6.07 Å². The Bertz CT molecular complexity index is 1390. The number of fused-ring (bicyclic) bond motifs is 4. The second-order valence-corrected chi connectivity index (χ2v) is 6.78. The van der Waals surface area contributed by atoms with Gasteiger partial charge >= 0.3 is 0 Å². The minimum absolute atomic E-state index is 0.00630. The third-order valence-electron chi connectivity index (χ3n) is 5.32. The van der Waals surface area contributed by atoms with Gasteiger partial charge in [-0.1, -0.05) is 30.3 Å². The van der Waals surface area contributed by atoms with Crippen LogP contribution in [0.3, 0.4) is 0 Å². The number of Topliss-reactive ketones (excluding diaryl/α,β-unsaturated/α-hetero) is 1. The molecule has 0 atom stereocenters. The number of nitrogens with zero attached hydrogens (tertiary/aromatic N) is 3. The van der Waals surface area contributed by atoms with Crippen LogP contribution in [-0.2, 0) is 0 Å². The Morgan fingerprint density at radius 2 is 1.53 bits per heavy atom. The predicted molar refractivity (Wildman–Crippen MR) is 105 cm³/mol. The second-order valence-electron chi connectivity index (χ2n) is 6.78. The maximum Gasteiger partial charge on any atom is 0.195 e. The van der Waals surface area contributed by atoms with Gasteiger partial charge in [-0.05, 0) is 23.8 Å². The smallest absolute Gasteiger partial charge is 0.195 e. The van der Waals surface area contributed by atoms with E-state index in [0.717, 1.165) is 11.6 Å². The lowest BCUT2D eigenvalue weighted by atomic mass is 9.91. The van der Waals surface area contributed by atoms with E-state index >= 15 is 0 Å². The van der Waals surface area contributed by atoms with Crippen LogP contribution in [0.4, 0.5) is 8.78 Å². The van der Waals surface area contributed by atoms with Crippen molar-refractivity contribution >= 4 is 16.9 Å². The Hall–Kier alpha value is -4.42. The van der Waals surface area contributed by atoms with Crippen molar-refractivity contribution in [3.8, 4) is 23.4 Å². The molecule has 2 aliphatic rings. The molecule has 0 N–H and O–H groups in total. The Morgan fingerprint density at radius 1 is 0.833 bits per heavy atom. The molecule has 1 heterocycles. The van der Waals surface area contributed by atoms with Gasteiger partial charge in [0.15, 0.2) is 17.4 Å². The highest BCUT2D eigenvalue weighted by Crippen LogP contribution is 2.51. The number of pyridine rings is 1. The molecule has 0 saturated heterocycles. The summed E-state index contributed by atoms with van der Waals surface area (Å²) in [7, 11) is 0. The number of hydrogen-bond acceptors (Lipinski definition) is 4. The molecule has 140 valence electrons. The number of aromatic nitrogens is 1. The van der Waals surface area contributed by atoms with E-state index in [2.05, 4.69) is 4.98 Å². The zero-order valence-electron chi connectivity index (χ0n) is 15.2. The minimum Gasteiger partial charge on any atom is -0.289 e. The molecule has 0 spiro atoms. The molecule has 0 amide bonds. The molecule has 0 aliphatic heterocycles. The number of halogens is 2. The van der Waals surface area contributed by atoms with Gasteiger partial charge in [-0.15, -0.1) is 0 Å². The summed E-state index contributed by atoms with van der Waals surface area (Å²) >= 11 is 0. The first-order valence-electron chi connectivity index (χ1n) is 8.95. The van der Waals surface area contributed by atoms with E-state index in [9.17, 15) is 24.1 Å². The zero-order chi connectivity index (χ0) is 21.0. The number of benzene rings is 2. The van der Waals surface area contributed by atoms with Gasteiger partial charge in [0.1, 0.15) is 17.7 Å². The molecule has 2 aliphatic carbocycles. The summed E-state index contributed by atoms with van der Waals surface area (Å²) in [5, 5.41) is 19.0. The number of carbonyl (C=O) groups excluding carboxylic acids is 1. The van der Waals surface area contributed by atoms with Crippen LogP contribution in [-0.4, -0.2) is 10.8 Å². The average Bonchev–Trinajstić information content (AvgIpc) is 3.24. The second kappa shape index (κ2) is 6.30. The van der Waals surface area contributed by atoms with E-state index in [4.69, 9.17) is 0 Å². The summed E-state index contributed by atoms with van der Waals surface area (Å²) in [4.78, 5) is 17.8. The van der Waals surface area contributed by atoms with E-state index in [1.807, 2.05) is 12.1 Å². The number of allylic oxidation sites excluding steroid dienone is 3.